The number of carbonyl (C=O) groups is 1. The van der Waals surface area contributed by atoms with E-state index in [1.54, 1.807) is 6.92 Å². The number of ether oxygens (including phenoxy) is 1. The number of hydrogen-bond donors (Lipinski definition) is 2. The maximum Gasteiger partial charge on any atom is 0.217 e. The first-order valence-electron chi connectivity index (χ1n) is 7.23. The Kier molecular flexibility index (Phi) is 5.01. The van der Waals surface area contributed by atoms with Crippen LogP contribution in [0.25, 0.3) is 0 Å². The first-order chi connectivity index (χ1) is 8.67. The highest BCUT2D eigenvalue weighted by atomic mass is 16.5. The summed E-state index contributed by atoms with van der Waals surface area (Å²) in [6.07, 6.45) is 8.62. The van der Waals surface area contributed by atoms with Crippen LogP contribution in [0.5, 0.6) is 0 Å². The Morgan fingerprint density at radius 2 is 1.61 bits per heavy atom. The molecular weight excluding hydrogens is 228 g/mol. The van der Waals surface area contributed by atoms with E-state index in [2.05, 4.69) is 10.6 Å². The molecule has 2 aliphatic carbocycles. The Bertz CT molecular complexity index is 275. The summed E-state index contributed by atoms with van der Waals surface area (Å²) in [6.45, 7) is 1.60. The zero-order valence-electron chi connectivity index (χ0n) is 11.6. The molecule has 4 heteroatoms. The topological polar surface area (TPSA) is 50.4 Å². The van der Waals surface area contributed by atoms with Crippen molar-refractivity contribution in [3.63, 3.8) is 0 Å². The van der Waals surface area contributed by atoms with Crippen molar-refractivity contribution >= 4 is 5.91 Å². The Labute approximate surface area is 110 Å². The lowest BCUT2D eigenvalue weighted by Gasteiger charge is -2.31. The van der Waals surface area contributed by atoms with Crippen molar-refractivity contribution in [2.75, 3.05) is 7.11 Å². The minimum absolute atomic E-state index is 0.102. The third-order valence-electron chi connectivity index (χ3n) is 4.32. The lowest BCUT2D eigenvalue weighted by Crippen LogP contribution is -2.44. The van der Waals surface area contributed by atoms with Crippen LogP contribution in [0.1, 0.15) is 51.9 Å². The summed E-state index contributed by atoms with van der Waals surface area (Å²) >= 11 is 0. The van der Waals surface area contributed by atoms with E-state index >= 15 is 0 Å². The standard InChI is InChI=1S/C14H26N2O2/c1-10(17)15-11-3-5-12(6-4-11)16-13-7-8-14(9-13)18-2/h11-14,16H,3-9H2,1-2H3,(H,15,17). The van der Waals surface area contributed by atoms with E-state index in [9.17, 15) is 4.79 Å². The zero-order valence-corrected chi connectivity index (χ0v) is 11.6. The molecule has 2 atom stereocenters. The van der Waals surface area contributed by atoms with Crippen LogP contribution in [0.2, 0.25) is 0 Å². The highest BCUT2D eigenvalue weighted by Gasteiger charge is 2.28. The first-order valence-corrected chi connectivity index (χ1v) is 7.23. The van der Waals surface area contributed by atoms with Crippen LogP contribution in [0.4, 0.5) is 0 Å². The number of nitrogens with one attached hydrogen (secondary N) is 2. The van der Waals surface area contributed by atoms with E-state index in [0.717, 1.165) is 19.3 Å². The fourth-order valence-corrected chi connectivity index (χ4v) is 3.33. The van der Waals surface area contributed by atoms with Crippen molar-refractivity contribution < 1.29 is 9.53 Å². The molecule has 1 amide bonds. The minimum atomic E-state index is 0.102. The van der Waals surface area contributed by atoms with E-state index in [4.69, 9.17) is 4.74 Å². The summed E-state index contributed by atoms with van der Waals surface area (Å²) in [7, 11) is 1.81. The average molecular weight is 254 g/mol. The number of rotatable bonds is 4. The molecule has 0 spiro atoms. The molecule has 0 bridgehead atoms. The van der Waals surface area contributed by atoms with Gasteiger partial charge in [0.25, 0.3) is 0 Å². The second kappa shape index (κ2) is 6.53. The van der Waals surface area contributed by atoms with Crippen LogP contribution >= 0.6 is 0 Å². The molecule has 18 heavy (non-hydrogen) atoms. The Hall–Kier alpha value is -0.610. The molecule has 0 heterocycles. The van der Waals surface area contributed by atoms with Crippen LogP contribution in [-0.4, -0.2) is 37.2 Å². The second-order valence-electron chi connectivity index (χ2n) is 5.78. The van der Waals surface area contributed by atoms with Crippen molar-refractivity contribution in [3.8, 4) is 0 Å². The largest absolute Gasteiger partial charge is 0.381 e. The maximum absolute atomic E-state index is 11.0. The van der Waals surface area contributed by atoms with Crippen molar-refractivity contribution in [1.29, 1.82) is 0 Å². The second-order valence-corrected chi connectivity index (χ2v) is 5.78. The molecule has 2 unspecified atom stereocenters. The normalized spacial score (nSPS) is 36.6. The smallest absolute Gasteiger partial charge is 0.217 e. The van der Waals surface area contributed by atoms with Crippen molar-refractivity contribution in [1.82, 2.24) is 10.6 Å². The van der Waals surface area contributed by atoms with Crippen LogP contribution in [0.3, 0.4) is 0 Å². The molecule has 0 aromatic rings. The van der Waals surface area contributed by atoms with E-state index in [0.29, 0.717) is 24.2 Å². The molecule has 0 aliphatic heterocycles. The Morgan fingerprint density at radius 1 is 1.00 bits per heavy atom. The Balaban J connectivity index is 1.66. The van der Waals surface area contributed by atoms with Gasteiger partial charge in [-0.15, -0.1) is 0 Å². The first kappa shape index (κ1) is 13.8. The van der Waals surface area contributed by atoms with Gasteiger partial charge in [0.05, 0.1) is 6.10 Å². The van der Waals surface area contributed by atoms with Gasteiger partial charge in [-0.1, -0.05) is 0 Å². The van der Waals surface area contributed by atoms with Crippen molar-refractivity contribution in [2.45, 2.75) is 76.1 Å². The summed E-state index contributed by atoms with van der Waals surface area (Å²) < 4.78 is 5.40. The van der Waals surface area contributed by atoms with Gasteiger partial charge in [0.15, 0.2) is 0 Å². The van der Waals surface area contributed by atoms with E-state index in [1.165, 1.54) is 25.7 Å². The van der Waals surface area contributed by atoms with Gasteiger partial charge in [0, 0.05) is 32.2 Å². The fraction of sp³-hybridized carbons (Fsp3) is 0.929. The summed E-state index contributed by atoms with van der Waals surface area (Å²) in [6, 6.07) is 1.67. The van der Waals surface area contributed by atoms with Gasteiger partial charge in [-0.05, 0) is 44.9 Å². The Morgan fingerprint density at radius 3 is 2.17 bits per heavy atom. The van der Waals surface area contributed by atoms with Gasteiger partial charge in [-0.3, -0.25) is 4.79 Å². The molecule has 2 N–H and O–H groups in total. The molecule has 104 valence electrons. The van der Waals surface area contributed by atoms with Gasteiger partial charge < -0.3 is 15.4 Å². The molecule has 0 aromatic carbocycles. The fourth-order valence-electron chi connectivity index (χ4n) is 3.33. The van der Waals surface area contributed by atoms with Crippen LogP contribution in [0.15, 0.2) is 0 Å². The predicted octanol–water partition coefficient (Wildman–Crippen LogP) is 1.59. The number of methoxy groups -OCH3 is 1. The molecule has 2 fully saturated rings. The summed E-state index contributed by atoms with van der Waals surface area (Å²) in [5.41, 5.74) is 0. The van der Waals surface area contributed by atoms with Gasteiger partial charge in [-0.2, -0.15) is 0 Å². The van der Waals surface area contributed by atoms with Crippen LogP contribution in [-0.2, 0) is 9.53 Å². The zero-order chi connectivity index (χ0) is 13.0. The number of carbonyl (C=O) groups excluding carboxylic acids is 1. The quantitative estimate of drug-likeness (QED) is 0.801. The van der Waals surface area contributed by atoms with Gasteiger partial charge in [-0.25, -0.2) is 0 Å². The van der Waals surface area contributed by atoms with E-state index in [1.807, 2.05) is 7.11 Å². The monoisotopic (exact) mass is 254 g/mol. The SMILES string of the molecule is COC1CCC(NC2CCC(NC(C)=O)CC2)C1. The number of hydrogen-bond acceptors (Lipinski definition) is 3. The van der Waals surface area contributed by atoms with E-state index < -0.39 is 0 Å². The molecule has 0 radical (unpaired) electrons. The molecular formula is C14H26N2O2. The predicted molar refractivity (Wildman–Crippen MR) is 71.4 cm³/mol. The minimum Gasteiger partial charge on any atom is -0.381 e. The van der Waals surface area contributed by atoms with Crippen LogP contribution in [0, 0.1) is 0 Å². The molecule has 2 aliphatic rings. The van der Waals surface area contributed by atoms with Crippen molar-refractivity contribution in [2.24, 2.45) is 0 Å². The molecule has 2 rings (SSSR count). The lowest BCUT2D eigenvalue weighted by molar-refractivity contribution is -0.119. The van der Waals surface area contributed by atoms with Crippen molar-refractivity contribution in [3.05, 3.63) is 0 Å². The molecule has 0 saturated heterocycles. The third kappa shape index (κ3) is 3.95. The summed E-state index contributed by atoms with van der Waals surface area (Å²) in [5.74, 6) is 0.102. The molecule has 4 nitrogen and oxygen atoms in total. The highest BCUT2D eigenvalue weighted by Crippen LogP contribution is 2.25. The lowest BCUT2D eigenvalue weighted by atomic mass is 9.90. The summed E-state index contributed by atoms with van der Waals surface area (Å²) in [5, 5.41) is 6.79. The third-order valence-corrected chi connectivity index (χ3v) is 4.32. The summed E-state index contributed by atoms with van der Waals surface area (Å²) in [4.78, 5) is 11.0. The van der Waals surface area contributed by atoms with Gasteiger partial charge in [0.2, 0.25) is 5.91 Å². The maximum atomic E-state index is 11.0. The van der Waals surface area contributed by atoms with Crippen LogP contribution < -0.4 is 10.6 Å². The van der Waals surface area contributed by atoms with Gasteiger partial charge in [0.1, 0.15) is 0 Å². The highest BCUT2D eigenvalue weighted by molar-refractivity contribution is 5.73. The molecule has 2 saturated carbocycles. The number of amides is 1. The molecule has 0 aromatic heterocycles. The van der Waals surface area contributed by atoms with E-state index in [-0.39, 0.29) is 5.91 Å². The average Bonchev–Trinajstić information content (AvgIpc) is 2.79. The van der Waals surface area contributed by atoms with Gasteiger partial charge >= 0.3 is 0 Å².